The number of sulfonamides is 1. The number of aromatic nitrogens is 2. The number of rotatable bonds is 3. The van der Waals surface area contributed by atoms with Crippen LogP contribution in [-0.4, -0.2) is 25.4 Å². The quantitative estimate of drug-likeness (QED) is 0.936. The van der Waals surface area contributed by atoms with Gasteiger partial charge in [0.05, 0.1) is 11.9 Å². The number of aryl methyl sites for hydroxylation is 3. The van der Waals surface area contributed by atoms with Crippen molar-refractivity contribution in [2.75, 3.05) is 11.4 Å². The number of nitrogens with one attached hydrogen (secondary N) is 1. The Balaban J connectivity index is 2.46. The summed E-state index contributed by atoms with van der Waals surface area (Å²) in [5.74, 6) is 0.576. The van der Waals surface area contributed by atoms with Gasteiger partial charge in [0.2, 0.25) is 0 Å². The summed E-state index contributed by atoms with van der Waals surface area (Å²) in [6.45, 7) is 5.59. The van der Waals surface area contributed by atoms with Crippen molar-refractivity contribution in [1.29, 1.82) is 0 Å². The lowest BCUT2D eigenvalue weighted by atomic mass is 10.1. The Morgan fingerprint density at radius 1 is 1.21 bits per heavy atom. The molecule has 0 atom stereocenters. The van der Waals surface area contributed by atoms with Crippen LogP contribution in [0.15, 0.2) is 29.4 Å². The summed E-state index contributed by atoms with van der Waals surface area (Å²) in [7, 11) is -2.05. The van der Waals surface area contributed by atoms with E-state index < -0.39 is 10.0 Å². The predicted molar refractivity (Wildman–Crippen MR) is 74.8 cm³/mol. The van der Waals surface area contributed by atoms with Gasteiger partial charge in [-0.15, -0.1) is 0 Å². The number of H-pyrrole nitrogens is 1. The predicted octanol–water partition coefficient (Wildman–Crippen LogP) is 2.16. The number of aromatic amines is 1. The number of anilines is 1. The fourth-order valence-corrected chi connectivity index (χ4v) is 3.19. The Hall–Kier alpha value is -1.82. The van der Waals surface area contributed by atoms with Crippen molar-refractivity contribution >= 4 is 15.7 Å². The Morgan fingerprint density at radius 2 is 1.89 bits per heavy atom. The fourth-order valence-electron chi connectivity index (χ4n) is 1.97. The van der Waals surface area contributed by atoms with E-state index in [1.165, 1.54) is 10.5 Å². The second kappa shape index (κ2) is 4.70. The van der Waals surface area contributed by atoms with Crippen molar-refractivity contribution in [3.8, 4) is 0 Å². The molecule has 1 N–H and O–H groups in total. The molecule has 6 heteroatoms. The summed E-state index contributed by atoms with van der Waals surface area (Å²) in [5, 5.41) is 0.104. The Morgan fingerprint density at radius 3 is 2.42 bits per heavy atom. The van der Waals surface area contributed by atoms with Gasteiger partial charge in [-0.2, -0.15) is 8.42 Å². The molecule has 102 valence electrons. The molecular weight excluding hydrogens is 262 g/mol. The van der Waals surface area contributed by atoms with Crippen LogP contribution in [0.3, 0.4) is 0 Å². The third-order valence-electron chi connectivity index (χ3n) is 3.01. The molecule has 1 aromatic heterocycles. The number of nitrogens with zero attached hydrogens (tertiary/aromatic N) is 2. The van der Waals surface area contributed by atoms with Crippen LogP contribution in [0.1, 0.15) is 17.0 Å². The van der Waals surface area contributed by atoms with E-state index >= 15 is 0 Å². The molecule has 0 aliphatic rings. The largest absolute Gasteiger partial charge is 0.332 e. The van der Waals surface area contributed by atoms with Gasteiger partial charge in [0, 0.05) is 7.05 Å². The lowest BCUT2D eigenvalue weighted by Gasteiger charge is -2.20. The first-order valence-corrected chi connectivity index (χ1v) is 7.34. The molecule has 19 heavy (non-hydrogen) atoms. The van der Waals surface area contributed by atoms with Crippen LogP contribution >= 0.6 is 0 Å². The summed E-state index contributed by atoms with van der Waals surface area (Å²) >= 11 is 0. The summed E-state index contributed by atoms with van der Waals surface area (Å²) in [4.78, 5) is 6.69. The highest BCUT2D eigenvalue weighted by molar-refractivity contribution is 7.92. The maximum atomic E-state index is 12.4. The van der Waals surface area contributed by atoms with E-state index in [-0.39, 0.29) is 5.03 Å². The molecule has 0 saturated carbocycles. The van der Waals surface area contributed by atoms with Gasteiger partial charge >= 0.3 is 0 Å². The van der Waals surface area contributed by atoms with Crippen LogP contribution in [0.4, 0.5) is 5.69 Å². The molecule has 0 saturated heterocycles. The first-order chi connectivity index (χ1) is 8.82. The third-order valence-corrected chi connectivity index (χ3v) is 4.69. The average molecular weight is 279 g/mol. The third kappa shape index (κ3) is 2.49. The van der Waals surface area contributed by atoms with Crippen molar-refractivity contribution in [2.45, 2.75) is 25.8 Å². The maximum Gasteiger partial charge on any atom is 0.281 e. The first kappa shape index (κ1) is 13.6. The summed E-state index contributed by atoms with van der Waals surface area (Å²) in [5.41, 5.74) is 2.68. The SMILES string of the molecule is Cc1ccc(N(C)S(=O)(=O)c2cnc(C)[nH]2)c(C)c1. The molecule has 0 aliphatic carbocycles. The maximum absolute atomic E-state index is 12.4. The standard InChI is InChI=1S/C13H17N3O2S/c1-9-5-6-12(10(2)7-9)16(4)19(17,18)13-8-14-11(3)15-13/h5-8H,1-4H3,(H,14,15). The number of hydrogen-bond donors (Lipinski definition) is 1. The van der Waals surface area contributed by atoms with Crippen LogP contribution in [0.2, 0.25) is 0 Å². The van der Waals surface area contributed by atoms with Crippen LogP contribution in [0.5, 0.6) is 0 Å². The first-order valence-electron chi connectivity index (χ1n) is 5.90. The normalized spacial score (nSPS) is 11.6. The molecule has 0 fully saturated rings. The molecule has 0 unspecified atom stereocenters. The lowest BCUT2D eigenvalue weighted by molar-refractivity contribution is 0.591. The molecule has 0 amide bonds. The van der Waals surface area contributed by atoms with Crippen molar-refractivity contribution < 1.29 is 8.42 Å². The van der Waals surface area contributed by atoms with Crippen molar-refractivity contribution in [3.05, 3.63) is 41.3 Å². The number of imidazole rings is 1. The zero-order valence-corrected chi connectivity index (χ0v) is 12.2. The molecule has 2 aromatic rings. The van der Waals surface area contributed by atoms with Crippen LogP contribution in [-0.2, 0) is 10.0 Å². The molecule has 1 aromatic carbocycles. The van der Waals surface area contributed by atoms with E-state index in [1.54, 1.807) is 14.0 Å². The minimum atomic E-state index is -3.59. The van der Waals surface area contributed by atoms with E-state index in [9.17, 15) is 8.42 Å². The Kier molecular flexibility index (Phi) is 3.36. The van der Waals surface area contributed by atoms with E-state index in [0.717, 1.165) is 11.1 Å². The van der Waals surface area contributed by atoms with E-state index in [4.69, 9.17) is 0 Å². The van der Waals surface area contributed by atoms with Crippen LogP contribution in [0.25, 0.3) is 0 Å². The molecular formula is C13H17N3O2S. The summed E-state index contributed by atoms with van der Waals surface area (Å²) in [6, 6.07) is 5.66. The van der Waals surface area contributed by atoms with E-state index in [0.29, 0.717) is 11.5 Å². The Labute approximate surface area is 113 Å². The van der Waals surface area contributed by atoms with E-state index in [2.05, 4.69) is 9.97 Å². The summed E-state index contributed by atoms with van der Waals surface area (Å²) in [6.07, 6.45) is 1.34. The average Bonchev–Trinajstić information content (AvgIpc) is 2.76. The van der Waals surface area contributed by atoms with Gasteiger partial charge in [-0.25, -0.2) is 4.98 Å². The molecule has 0 spiro atoms. The van der Waals surface area contributed by atoms with Crippen molar-refractivity contribution in [3.63, 3.8) is 0 Å². The van der Waals surface area contributed by atoms with Crippen LogP contribution < -0.4 is 4.31 Å². The zero-order valence-electron chi connectivity index (χ0n) is 11.4. The second-order valence-corrected chi connectivity index (χ2v) is 6.53. The second-order valence-electron chi connectivity index (χ2n) is 4.60. The van der Waals surface area contributed by atoms with E-state index in [1.807, 2.05) is 32.0 Å². The van der Waals surface area contributed by atoms with Crippen LogP contribution in [0, 0.1) is 20.8 Å². The highest BCUT2D eigenvalue weighted by Gasteiger charge is 2.24. The van der Waals surface area contributed by atoms with Gasteiger partial charge in [0.15, 0.2) is 5.03 Å². The molecule has 5 nitrogen and oxygen atoms in total. The molecule has 2 rings (SSSR count). The zero-order chi connectivity index (χ0) is 14.2. The summed E-state index contributed by atoms with van der Waals surface area (Å²) < 4.78 is 26.1. The monoisotopic (exact) mass is 279 g/mol. The Bertz CT molecular complexity index is 704. The van der Waals surface area contributed by atoms with Gasteiger partial charge in [0.25, 0.3) is 10.0 Å². The van der Waals surface area contributed by atoms with Gasteiger partial charge in [-0.05, 0) is 32.4 Å². The minimum Gasteiger partial charge on any atom is -0.332 e. The fraction of sp³-hybridized carbons (Fsp3) is 0.308. The minimum absolute atomic E-state index is 0.104. The highest BCUT2D eigenvalue weighted by atomic mass is 32.2. The smallest absolute Gasteiger partial charge is 0.281 e. The van der Waals surface area contributed by atoms with Gasteiger partial charge in [0.1, 0.15) is 5.82 Å². The molecule has 1 heterocycles. The van der Waals surface area contributed by atoms with Gasteiger partial charge in [-0.1, -0.05) is 17.7 Å². The lowest BCUT2D eigenvalue weighted by Crippen LogP contribution is -2.27. The number of benzene rings is 1. The molecule has 0 bridgehead atoms. The highest BCUT2D eigenvalue weighted by Crippen LogP contribution is 2.25. The van der Waals surface area contributed by atoms with Crippen molar-refractivity contribution in [1.82, 2.24) is 9.97 Å². The number of hydrogen-bond acceptors (Lipinski definition) is 3. The van der Waals surface area contributed by atoms with Gasteiger partial charge in [-0.3, -0.25) is 4.31 Å². The molecule has 0 radical (unpaired) electrons. The molecule has 0 aliphatic heterocycles. The topological polar surface area (TPSA) is 66.1 Å². The van der Waals surface area contributed by atoms with Gasteiger partial charge < -0.3 is 4.98 Å². The van der Waals surface area contributed by atoms with Crippen molar-refractivity contribution in [2.24, 2.45) is 0 Å².